The Hall–Kier alpha value is -3.11. The molecule has 1 aliphatic heterocycles. The molecule has 4 nitrogen and oxygen atoms in total. The molecule has 1 aromatic carbocycles. The Balaban J connectivity index is 1.68. The molecule has 0 amide bonds. The van der Waals surface area contributed by atoms with Gasteiger partial charge in [-0.25, -0.2) is 0 Å². The molecule has 1 fully saturated rings. The number of nitrogens with zero attached hydrogens (tertiary/aromatic N) is 3. The van der Waals surface area contributed by atoms with Gasteiger partial charge in [-0.05, 0) is 42.0 Å². The number of ketones is 1. The zero-order valence-corrected chi connectivity index (χ0v) is 16.4. The minimum absolute atomic E-state index is 0.145. The summed E-state index contributed by atoms with van der Waals surface area (Å²) in [6, 6.07) is 18.5. The summed E-state index contributed by atoms with van der Waals surface area (Å²) in [5, 5.41) is 0. The van der Waals surface area contributed by atoms with Crippen LogP contribution in [-0.4, -0.2) is 32.9 Å². The van der Waals surface area contributed by atoms with E-state index in [1.54, 1.807) is 0 Å². The summed E-state index contributed by atoms with van der Waals surface area (Å²) in [6.45, 7) is 2.13. The normalized spacial score (nSPS) is 18.3. The van der Waals surface area contributed by atoms with E-state index in [2.05, 4.69) is 29.2 Å². The molecule has 1 saturated heterocycles. The van der Waals surface area contributed by atoms with Gasteiger partial charge >= 0.3 is 0 Å². The summed E-state index contributed by atoms with van der Waals surface area (Å²) in [7, 11) is 4.00. The van der Waals surface area contributed by atoms with E-state index >= 15 is 0 Å². The molecule has 0 N–H and O–H groups in total. The number of aryl methyl sites for hydroxylation is 2. The molecule has 0 unspecified atom stereocenters. The van der Waals surface area contributed by atoms with Crippen LogP contribution >= 0.6 is 0 Å². The summed E-state index contributed by atoms with van der Waals surface area (Å²) in [5.41, 5.74) is 5.02. The smallest absolute Gasteiger partial charge is 0.187 e. The summed E-state index contributed by atoms with van der Waals surface area (Å²) < 4.78 is 4.08. The van der Waals surface area contributed by atoms with Crippen molar-refractivity contribution in [1.29, 1.82) is 0 Å². The summed E-state index contributed by atoms with van der Waals surface area (Å²) in [5.74, 6) is 0.145. The van der Waals surface area contributed by atoms with Gasteiger partial charge in [0.25, 0.3) is 0 Å². The molecule has 4 heteroatoms. The van der Waals surface area contributed by atoms with Gasteiger partial charge < -0.3 is 9.13 Å². The Morgan fingerprint density at radius 3 is 1.79 bits per heavy atom. The lowest BCUT2D eigenvalue weighted by molar-refractivity contribution is -0.113. The highest BCUT2D eigenvalue weighted by atomic mass is 16.1. The summed E-state index contributed by atoms with van der Waals surface area (Å²) in [6.07, 6.45) is 8.06. The number of Topliss-reactive ketones (excluding diaryl/α,β-unsaturated/α-hetero) is 1. The first-order valence-corrected chi connectivity index (χ1v) is 9.55. The zero-order valence-electron chi connectivity index (χ0n) is 16.4. The van der Waals surface area contributed by atoms with Gasteiger partial charge in [0.1, 0.15) is 0 Å². The van der Waals surface area contributed by atoms with Gasteiger partial charge in [0.05, 0.1) is 0 Å². The molecule has 0 atom stereocenters. The lowest BCUT2D eigenvalue weighted by Gasteiger charge is -2.30. The highest BCUT2D eigenvalue weighted by molar-refractivity contribution is 6.14. The van der Waals surface area contributed by atoms with Crippen LogP contribution in [0.4, 0.5) is 0 Å². The lowest BCUT2D eigenvalue weighted by Crippen LogP contribution is -2.37. The van der Waals surface area contributed by atoms with Crippen molar-refractivity contribution in [2.45, 2.75) is 6.54 Å². The van der Waals surface area contributed by atoms with Crippen molar-refractivity contribution in [3.05, 3.63) is 95.1 Å². The Morgan fingerprint density at radius 1 is 0.786 bits per heavy atom. The maximum Gasteiger partial charge on any atom is 0.187 e. The second-order valence-electron chi connectivity index (χ2n) is 7.39. The van der Waals surface area contributed by atoms with E-state index in [9.17, 15) is 4.79 Å². The molecule has 0 saturated carbocycles. The molecule has 0 radical (unpaired) electrons. The van der Waals surface area contributed by atoms with Gasteiger partial charge in [-0.1, -0.05) is 30.3 Å². The molecule has 28 heavy (non-hydrogen) atoms. The van der Waals surface area contributed by atoms with E-state index in [0.29, 0.717) is 13.1 Å². The number of carbonyl (C=O) groups is 1. The monoisotopic (exact) mass is 371 g/mol. The summed E-state index contributed by atoms with van der Waals surface area (Å²) >= 11 is 0. The van der Waals surface area contributed by atoms with Crippen LogP contribution in [0.2, 0.25) is 0 Å². The second kappa shape index (κ2) is 7.87. The van der Waals surface area contributed by atoms with Gasteiger partial charge in [-0.3, -0.25) is 9.69 Å². The molecule has 1 aliphatic rings. The average Bonchev–Trinajstić information content (AvgIpc) is 3.28. The van der Waals surface area contributed by atoms with Crippen molar-refractivity contribution in [3.63, 3.8) is 0 Å². The van der Waals surface area contributed by atoms with Gasteiger partial charge in [-0.2, -0.15) is 0 Å². The number of benzene rings is 1. The van der Waals surface area contributed by atoms with Crippen molar-refractivity contribution in [2.24, 2.45) is 14.1 Å². The van der Waals surface area contributed by atoms with Crippen LogP contribution in [0.25, 0.3) is 12.2 Å². The fourth-order valence-electron chi connectivity index (χ4n) is 3.67. The van der Waals surface area contributed by atoms with E-state index in [1.165, 1.54) is 5.56 Å². The highest BCUT2D eigenvalue weighted by Gasteiger charge is 2.26. The molecule has 3 heterocycles. The second-order valence-corrected chi connectivity index (χ2v) is 7.39. The van der Waals surface area contributed by atoms with Crippen molar-refractivity contribution >= 4 is 17.9 Å². The topological polar surface area (TPSA) is 30.2 Å². The predicted octanol–water partition coefficient (Wildman–Crippen LogP) is 3.92. The number of aromatic nitrogens is 2. The molecule has 0 bridgehead atoms. The third kappa shape index (κ3) is 3.92. The largest absolute Gasteiger partial charge is 0.351 e. The van der Waals surface area contributed by atoms with Crippen LogP contribution in [0.3, 0.4) is 0 Å². The molecule has 0 spiro atoms. The van der Waals surface area contributed by atoms with Gasteiger partial charge in [0.2, 0.25) is 0 Å². The minimum atomic E-state index is 0.145. The number of hydrogen-bond donors (Lipinski definition) is 0. The van der Waals surface area contributed by atoms with Crippen LogP contribution in [0.15, 0.2) is 78.1 Å². The lowest BCUT2D eigenvalue weighted by atomic mass is 9.95. The Labute approximate surface area is 166 Å². The van der Waals surface area contributed by atoms with Crippen LogP contribution in [0, 0.1) is 0 Å². The Morgan fingerprint density at radius 2 is 1.32 bits per heavy atom. The molecule has 2 aromatic heterocycles. The van der Waals surface area contributed by atoms with Crippen molar-refractivity contribution < 1.29 is 4.79 Å². The van der Waals surface area contributed by atoms with Crippen LogP contribution in [0.5, 0.6) is 0 Å². The quantitative estimate of drug-likeness (QED) is 0.651. The third-order valence-electron chi connectivity index (χ3n) is 5.23. The Bertz CT molecular complexity index is 975. The first-order valence-electron chi connectivity index (χ1n) is 9.55. The standard InChI is InChI=1S/C24H25N3O/c1-25-12-6-10-22(25)14-20-17-27(16-19-8-4-3-5-9-19)18-21(24(20)28)15-23-11-7-13-26(23)2/h3-15H,16-18H2,1-2H3. The summed E-state index contributed by atoms with van der Waals surface area (Å²) in [4.78, 5) is 15.6. The minimum Gasteiger partial charge on any atom is -0.351 e. The fourth-order valence-corrected chi connectivity index (χ4v) is 3.67. The van der Waals surface area contributed by atoms with Crippen molar-refractivity contribution in [1.82, 2.24) is 14.0 Å². The predicted molar refractivity (Wildman–Crippen MR) is 114 cm³/mol. The highest BCUT2D eigenvalue weighted by Crippen LogP contribution is 2.23. The van der Waals surface area contributed by atoms with E-state index in [-0.39, 0.29) is 5.78 Å². The van der Waals surface area contributed by atoms with E-state index in [4.69, 9.17) is 0 Å². The first kappa shape index (κ1) is 18.3. The molecule has 3 aromatic rings. The van der Waals surface area contributed by atoms with Crippen LogP contribution in [0.1, 0.15) is 17.0 Å². The fraction of sp³-hybridized carbons (Fsp3) is 0.208. The number of likely N-dealkylation sites (tertiary alicyclic amines) is 1. The van der Waals surface area contributed by atoms with E-state index in [1.807, 2.05) is 78.1 Å². The van der Waals surface area contributed by atoms with Gasteiger partial charge in [0.15, 0.2) is 5.78 Å². The molecule has 0 aliphatic carbocycles. The Kier molecular flexibility index (Phi) is 5.13. The van der Waals surface area contributed by atoms with E-state index in [0.717, 1.165) is 29.1 Å². The molecular weight excluding hydrogens is 346 g/mol. The SMILES string of the molecule is Cn1cccc1C=C1CN(Cc2ccccc2)CC(=Cc2cccn2C)C1=O. The number of rotatable bonds is 4. The number of piperidine rings is 1. The maximum atomic E-state index is 13.2. The third-order valence-corrected chi connectivity index (χ3v) is 5.23. The molecular formula is C24H25N3O. The van der Waals surface area contributed by atoms with Crippen molar-refractivity contribution in [2.75, 3.05) is 13.1 Å². The maximum absolute atomic E-state index is 13.2. The molecule has 142 valence electrons. The van der Waals surface area contributed by atoms with Crippen LogP contribution in [-0.2, 0) is 25.4 Å². The number of hydrogen-bond acceptors (Lipinski definition) is 2. The number of carbonyl (C=O) groups excluding carboxylic acids is 1. The van der Waals surface area contributed by atoms with E-state index < -0.39 is 0 Å². The zero-order chi connectivity index (χ0) is 19.5. The first-order chi connectivity index (χ1) is 13.6. The van der Waals surface area contributed by atoms with Gasteiger partial charge in [-0.15, -0.1) is 0 Å². The van der Waals surface area contributed by atoms with Crippen molar-refractivity contribution in [3.8, 4) is 0 Å². The molecule has 4 rings (SSSR count). The van der Waals surface area contributed by atoms with Gasteiger partial charge in [0, 0.05) is 68.7 Å². The van der Waals surface area contributed by atoms with Crippen LogP contribution < -0.4 is 0 Å². The average molecular weight is 371 g/mol.